The first-order valence-electron chi connectivity index (χ1n) is 6.35. The lowest BCUT2D eigenvalue weighted by Crippen LogP contribution is -2.45. The molecule has 0 aromatic carbocycles. The first-order chi connectivity index (χ1) is 8.20. The minimum atomic E-state index is -0.635. The molecule has 0 spiro atoms. The normalized spacial score (nSPS) is 25.6. The molecule has 18 heavy (non-hydrogen) atoms. The molecule has 0 saturated carbocycles. The zero-order valence-electron chi connectivity index (χ0n) is 11.8. The third-order valence-electron chi connectivity index (χ3n) is 2.83. The highest BCUT2D eigenvalue weighted by Crippen LogP contribution is 2.20. The molecule has 0 aromatic heterocycles. The van der Waals surface area contributed by atoms with Crippen molar-refractivity contribution in [3.63, 3.8) is 0 Å². The molecule has 1 N–H and O–H groups in total. The Morgan fingerprint density at radius 3 is 2.44 bits per heavy atom. The van der Waals surface area contributed by atoms with Crippen LogP contribution < -0.4 is 5.32 Å². The summed E-state index contributed by atoms with van der Waals surface area (Å²) < 4.78 is 10.5. The average Bonchev–Trinajstić information content (AvgIpc) is 2.61. The Morgan fingerprint density at radius 2 is 2.00 bits per heavy atom. The molecule has 1 amide bonds. The molecule has 2 unspecified atom stereocenters. The van der Waals surface area contributed by atoms with E-state index in [2.05, 4.69) is 5.32 Å². The van der Waals surface area contributed by atoms with Gasteiger partial charge < -0.3 is 14.8 Å². The first kappa shape index (κ1) is 15.0. The quantitative estimate of drug-likeness (QED) is 0.773. The predicted molar refractivity (Wildman–Crippen MR) is 67.0 cm³/mol. The van der Waals surface area contributed by atoms with E-state index in [0.29, 0.717) is 13.0 Å². The van der Waals surface area contributed by atoms with Crippen LogP contribution in [0, 0.1) is 5.92 Å². The van der Waals surface area contributed by atoms with Crippen molar-refractivity contribution in [3.05, 3.63) is 0 Å². The molecule has 1 saturated heterocycles. The van der Waals surface area contributed by atoms with Crippen LogP contribution >= 0.6 is 0 Å². The standard InChI is InChI=1S/C13H23NO4/c1-8(12(16)18-13(3,4)5)14-11(15)10-6-7-17-9(10)2/h8-10H,6-7H2,1-5H3,(H,14,15)/t8-,9?,10?/m1/s1. The molecule has 0 radical (unpaired) electrons. The van der Waals surface area contributed by atoms with Crippen molar-refractivity contribution in [2.24, 2.45) is 5.92 Å². The van der Waals surface area contributed by atoms with E-state index in [4.69, 9.17) is 9.47 Å². The fourth-order valence-electron chi connectivity index (χ4n) is 1.85. The molecule has 1 heterocycles. The Morgan fingerprint density at radius 1 is 1.39 bits per heavy atom. The van der Waals surface area contributed by atoms with Crippen LogP contribution in [0.3, 0.4) is 0 Å². The number of carbonyl (C=O) groups excluding carboxylic acids is 2. The highest BCUT2D eigenvalue weighted by atomic mass is 16.6. The predicted octanol–water partition coefficient (Wildman–Crippen LogP) is 1.26. The van der Waals surface area contributed by atoms with Gasteiger partial charge in [-0.2, -0.15) is 0 Å². The lowest BCUT2D eigenvalue weighted by molar-refractivity contribution is -0.158. The Kier molecular flexibility index (Phi) is 4.73. The average molecular weight is 257 g/mol. The number of ether oxygens (including phenoxy) is 2. The summed E-state index contributed by atoms with van der Waals surface area (Å²) in [6.45, 7) is 9.49. The second-order valence-corrected chi connectivity index (χ2v) is 5.73. The first-order valence-corrected chi connectivity index (χ1v) is 6.35. The van der Waals surface area contributed by atoms with Crippen LogP contribution in [0.2, 0.25) is 0 Å². The van der Waals surface area contributed by atoms with Gasteiger partial charge in [0.15, 0.2) is 0 Å². The molecule has 5 nitrogen and oxygen atoms in total. The van der Waals surface area contributed by atoms with E-state index in [9.17, 15) is 9.59 Å². The molecule has 0 aromatic rings. The second kappa shape index (κ2) is 5.69. The van der Waals surface area contributed by atoms with E-state index in [1.165, 1.54) is 0 Å². The lowest BCUT2D eigenvalue weighted by atomic mass is 10.0. The molecular formula is C13H23NO4. The van der Waals surface area contributed by atoms with Crippen molar-refractivity contribution in [3.8, 4) is 0 Å². The topological polar surface area (TPSA) is 64.6 Å². The fraction of sp³-hybridized carbons (Fsp3) is 0.846. The molecule has 0 bridgehead atoms. The van der Waals surface area contributed by atoms with E-state index in [1.807, 2.05) is 6.92 Å². The molecule has 1 fully saturated rings. The number of rotatable bonds is 3. The smallest absolute Gasteiger partial charge is 0.328 e. The van der Waals surface area contributed by atoms with Gasteiger partial charge in [-0.3, -0.25) is 4.79 Å². The van der Waals surface area contributed by atoms with E-state index < -0.39 is 17.6 Å². The Bertz CT molecular complexity index is 321. The van der Waals surface area contributed by atoms with Crippen LogP contribution in [0.5, 0.6) is 0 Å². The minimum absolute atomic E-state index is 0.0872. The summed E-state index contributed by atoms with van der Waals surface area (Å²) in [5, 5.41) is 2.68. The molecule has 5 heteroatoms. The molecule has 1 aliphatic rings. The van der Waals surface area contributed by atoms with Crippen LogP contribution in [-0.4, -0.2) is 36.2 Å². The monoisotopic (exact) mass is 257 g/mol. The number of hydrogen-bond donors (Lipinski definition) is 1. The van der Waals surface area contributed by atoms with E-state index in [1.54, 1.807) is 27.7 Å². The van der Waals surface area contributed by atoms with Crippen molar-refractivity contribution in [2.45, 2.75) is 58.8 Å². The zero-order chi connectivity index (χ0) is 13.9. The van der Waals surface area contributed by atoms with Gasteiger partial charge >= 0.3 is 5.97 Å². The van der Waals surface area contributed by atoms with Gasteiger partial charge in [0, 0.05) is 6.61 Å². The molecular weight excluding hydrogens is 234 g/mol. The molecule has 1 rings (SSSR count). The molecule has 1 aliphatic heterocycles. The molecule has 0 aliphatic carbocycles. The maximum atomic E-state index is 11.9. The number of carbonyl (C=O) groups is 2. The van der Waals surface area contributed by atoms with Crippen molar-refractivity contribution in [2.75, 3.05) is 6.61 Å². The number of nitrogens with one attached hydrogen (secondary N) is 1. The van der Waals surface area contributed by atoms with Gasteiger partial charge in [0.1, 0.15) is 11.6 Å². The van der Waals surface area contributed by atoms with Gasteiger partial charge in [-0.1, -0.05) is 0 Å². The fourth-order valence-corrected chi connectivity index (χ4v) is 1.85. The van der Waals surface area contributed by atoms with Crippen molar-refractivity contribution >= 4 is 11.9 Å². The van der Waals surface area contributed by atoms with Gasteiger partial charge in [0.25, 0.3) is 0 Å². The van der Waals surface area contributed by atoms with Gasteiger partial charge in [0.2, 0.25) is 5.91 Å². The van der Waals surface area contributed by atoms with E-state index >= 15 is 0 Å². The largest absolute Gasteiger partial charge is 0.458 e. The summed E-state index contributed by atoms with van der Waals surface area (Å²) in [5.41, 5.74) is -0.542. The number of amides is 1. The third-order valence-corrected chi connectivity index (χ3v) is 2.83. The number of hydrogen-bond acceptors (Lipinski definition) is 4. The zero-order valence-corrected chi connectivity index (χ0v) is 11.8. The van der Waals surface area contributed by atoms with Crippen LogP contribution in [0.1, 0.15) is 41.0 Å². The van der Waals surface area contributed by atoms with Crippen molar-refractivity contribution in [1.29, 1.82) is 0 Å². The Labute approximate surface area is 108 Å². The van der Waals surface area contributed by atoms with Gasteiger partial charge in [-0.15, -0.1) is 0 Å². The van der Waals surface area contributed by atoms with Gasteiger partial charge in [0.05, 0.1) is 12.0 Å². The second-order valence-electron chi connectivity index (χ2n) is 5.73. The summed E-state index contributed by atoms with van der Waals surface area (Å²) >= 11 is 0. The van der Waals surface area contributed by atoms with Crippen molar-refractivity contribution in [1.82, 2.24) is 5.32 Å². The van der Waals surface area contributed by atoms with Crippen LogP contribution in [0.4, 0.5) is 0 Å². The Hall–Kier alpha value is -1.10. The maximum Gasteiger partial charge on any atom is 0.328 e. The van der Waals surface area contributed by atoms with E-state index in [-0.39, 0.29) is 17.9 Å². The third kappa shape index (κ3) is 4.29. The summed E-state index contributed by atoms with van der Waals surface area (Å²) in [4.78, 5) is 23.7. The lowest BCUT2D eigenvalue weighted by Gasteiger charge is -2.23. The van der Waals surface area contributed by atoms with Gasteiger partial charge in [-0.25, -0.2) is 4.79 Å². The van der Waals surface area contributed by atoms with E-state index in [0.717, 1.165) is 0 Å². The van der Waals surface area contributed by atoms with Crippen LogP contribution in [-0.2, 0) is 19.1 Å². The highest BCUT2D eigenvalue weighted by Gasteiger charge is 2.33. The maximum absolute atomic E-state index is 11.9. The minimum Gasteiger partial charge on any atom is -0.458 e. The number of esters is 1. The van der Waals surface area contributed by atoms with Crippen LogP contribution in [0.25, 0.3) is 0 Å². The summed E-state index contributed by atoms with van der Waals surface area (Å²) in [7, 11) is 0. The van der Waals surface area contributed by atoms with Crippen molar-refractivity contribution < 1.29 is 19.1 Å². The SMILES string of the molecule is CC1OCCC1C(=O)N[C@H](C)C(=O)OC(C)(C)C. The summed E-state index contributed by atoms with van der Waals surface area (Å²) in [6.07, 6.45) is 0.615. The Balaban J connectivity index is 2.46. The molecule has 104 valence electrons. The molecule has 3 atom stereocenters. The highest BCUT2D eigenvalue weighted by molar-refractivity contribution is 5.86. The summed E-state index contributed by atoms with van der Waals surface area (Å²) in [5.74, 6) is -0.726. The van der Waals surface area contributed by atoms with Gasteiger partial charge in [-0.05, 0) is 41.0 Å². The van der Waals surface area contributed by atoms with Crippen LogP contribution in [0.15, 0.2) is 0 Å². The summed E-state index contributed by atoms with van der Waals surface area (Å²) in [6, 6.07) is -0.635.